The molecule has 10 aromatic carbocycles. The molecule has 0 spiro atoms. The molecule has 0 bridgehead atoms. The number of rotatable bonds is 8. The van der Waals surface area contributed by atoms with Gasteiger partial charge in [-0.25, -0.2) is 15.0 Å². The second kappa shape index (κ2) is 21.8. The molecule has 8 nitrogen and oxygen atoms in total. The van der Waals surface area contributed by atoms with Gasteiger partial charge in [0.25, 0.3) is 0 Å². The van der Waals surface area contributed by atoms with Gasteiger partial charge < -0.3 is 9.13 Å². The predicted octanol–water partition coefficient (Wildman–Crippen LogP) is 20.9. The van der Waals surface area contributed by atoms with Gasteiger partial charge in [0, 0.05) is 49.6 Å². The Morgan fingerprint density at radius 3 is 1.00 bits per heavy atom. The first-order valence-corrected chi connectivity index (χ1v) is 30.8. The summed E-state index contributed by atoms with van der Waals surface area (Å²) in [7, 11) is 0. The van der Waals surface area contributed by atoms with Crippen LogP contribution in [0.25, 0.3) is 123 Å². The van der Waals surface area contributed by atoms with Crippen LogP contribution in [0.5, 0.6) is 0 Å². The van der Waals surface area contributed by atoms with E-state index in [4.69, 9.17) is 15.0 Å². The third-order valence-electron chi connectivity index (χ3n) is 17.6. The van der Waals surface area contributed by atoms with E-state index < -0.39 is 0 Å². The lowest BCUT2D eigenvalue weighted by atomic mass is 9.85. The molecule has 0 atom stereocenters. The lowest BCUT2D eigenvalue weighted by Crippen LogP contribution is -2.10. The quantitative estimate of drug-likeness (QED) is 0.149. The Kier molecular flexibility index (Phi) is 14.2. The maximum absolute atomic E-state index is 10.3. The Bertz CT molecular complexity index is 4800. The van der Waals surface area contributed by atoms with E-state index in [2.05, 4.69) is 226 Å². The first-order chi connectivity index (χ1) is 42.9. The van der Waals surface area contributed by atoms with Crippen molar-refractivity contribution < 1.29 is 0 Å². The molecule has 0 amide bonds. The Morgan fingerprint density at radius 2 is 0.622 bits per heavy atom. The van der Waals surface area contributed by atoms with E-state index in [0.29, 0.717) is 34.2 Å². The molecule has 0 aliphatic carbocycles. The fourth-order valence-corrected chi connectivity index (χ4v) is 12.5. The fourth-order valence-electron chi connectivity index (χ4n) is 12.5. The van der Waals surface area contributed by atoms with Crippen LogP contribution in [0.3, 0.4) is 0 Å². The minimum atomic E-state index is -0.0907. The van der Waals surface area contributed by atoms with Gasteiger partial charge in [-0.1, -0.05) is 168 Å². The van der Waals surface area contributed by atoms with Crippen LogP contribution in [-0.2, 0) is 21.7 Å². The highest BCUT2D eigenvalue weighted by Crippen LogP contribution is 2.43. The van der Waals surface area contributed by atoms with Crippen molar-refractivity contribution >= 4 is 43.6 Å². The molecule has 0 N–H and O–H groups in total. The van der Waals surface area contributed by atoms with Gasteiger partial charge in [0.05, 0.1) is 57.0 Å². The van der Waals surface area contributed by atoms with Gasteiger partial charge in [-0.2, -0.15) is 15.8 Å². The van der Waals surface area contributed by atoms with Crippen molar-refractivity contribution in [3.63, 3.8) is 0 Å². The molecule has 0 saturated heterocycles. The van der Waals surface area contributed by atoms with E-state index in [1.807, 2.05) is 91.0 Å². The molecule has 438 valence electrons. The summed E-state index contributed by atoms with van der Waals surface area (Å²) in [6, 6.07) is 78.9. The Balaban J connectivity index is 1.12. The number of nitrogens with zero attached hydrogens (tertiary/aromatic N) is 8. The Morgan fingerprint density at radius 1 is 0.289 bits per heavy atom. The molecular weight excluding hydrogens is 1100 g/mol. The number of hydrogen-bond donors (Lipinski definition) is 0. The molecule has 13 rings (SSSR count). The van der Waals surface area contributed by atoms with Gasteiger partial charge in [0.2, 0.25) is 0 Å². The molecule has 0 fully saturated rings. The fraction of sp³-hybridized carbons (Fsp3) is 0.195. The van der Waals surface area contributed by atoms with E-state index in [9.17, 15) is 15.8 Å². The summed E-state index contributed by atoms with van der Waals surface area (Å²) in [5, 5.41) is 35.6. The van der Waals surface area contributed by atoms with Gasteiger partial charge in [0.15, 0.2) is 17.5 Å². The summed E-state index contributed by atoms with van der Waals surface area (Å²) >= 11 is 0. The maximum atomic E-state index is 10.3. The summed E-state index contributed by atoms with van der Waals surface area (Å²) in [4.78, 5) is 16.6. The van der Waals surface area contributed by atoms with Crippen molar-refractivity contribution in [2.24, 2.45) is 0 Å². The normalized spacial score (nSPS) is 12.2. The minimum Gasteiger partial charge on any atom is -0.309 e. The largest absolute Gasteiger partial charge is 0.309 e. The van der Waals surface area contributed by atoms with Crippen molar-refractivity contribution in [3.8, 4) is 97.1 Å². The summed E-state index contributed by atoms with van der Waals surface area (Å²) in [6.07, 6.45) is 0. The molecule has 0 radical (unpaired) electrons. The van der Waals surface area contributed by atoms with Crippen molar-refractivity contribution in [3.05, 3.63) is 245 Å². The SMILES string of the molecule is CC(C)(C)c1ccc2c(c1)c1cc(C(C)(C)C)ccc1n2-c1cc(-c2cccc(C#N)c2)cc(-c2nc(-c3cccc(-c4ccccc4C#N)c3)nc(-c3cc(-c4cccc(C#N)c4)cc(-n4c5ccc(C(C)(C)C)cc5c5cc(C(C)(C)C)ccc54)c3)n2)c1. The van der Waals surface area contributed by atoms with Crippen LogP contribution in [0, 0.1) is 34.0 Å². The number of fused-ring (bicyclic) bond motifs is 6. The first-order valence-electron chi connectivity index (χ1n) is 30.8. The van der Waals surface area contributed by atoms with E-state index in [0.717, 1.165) is 105 Å². The van der Waals surface area contributed by atoms with E-state index in [1.54, 1.807) is 0 Å². The lowest BCUT2D eigenvalue weighted by Gasteiger charge is -2.19. The maximum Gasteiger partial charge on any atom is 0.164 e. The van der Waals surface area contributed by atoms with E-state index >= 15 is 0 Å². The predicted molar refractivity (Wildman–Crippen MR) is 370 cm³/mol. The number of nitriles is 3. The van der Waals surface area contributed by atoms with Crippen molar-refractivity contribution in [1.29, 1.82) is 15.8 Å². The summed E-state index contributed by atoms with van der Waals surface area (Å²) in [5.41, 5.74) is 19.7. The zero-order valence-corrected chi connectivity index (χ0v) is 53.2. The monoisotopic (exact) mass is 1170 g/mol. The highest BCUT2D eigenvalue weighted by molar-refractivity contribution is 6.11. The number of benzene rings is 10. The lowest BCUT2D eigenvalue weighted by molar-refractivity contribution is 0.590. The second-order valence-corrected chi connectivity index (χ2v) is 28.1. The van der Waals surface area contributed by atoms with E-state index in [-0.39, 0.29) is 21.7 Å². The van der Waals surface area contributed by atoms with Crippen LogP contribution in [0.15, 0.2) is 206 Å². The third-order valence-corrected chi connectivity index (χ3v) is 17.6. The summed E-state index contributed by atoms with van der Waals surface area (Å²) in [6.45, 7) is 27.1. The topological polar surface area (TPSA) is 120 Å². The van der Waals surface area contributed by atoms with Crippen LogP contribution in [-0.4, -0.2) is 24.1 Å². The zero-order valence-electron chi connectivity index (χ0n) is 53.2. The summed E-state index contributed by atoms with van der Waals surface area (Å²) < 4.78 is 4.71. The molecule has 13 aromatic rings. The number of hydrogen-bond acceptors (Lipinski definition) is 6. The molecule has 3 aromatic heterocycles. The van der Waals surface area contributed by atoms with Gasteiger partial charge in [-0.05, 0) is 199 Å². The van der Waals surface area contributed by atoms with Crippen molar-refractivity contribution in [2.75, 3.05) is 0 Å². The van der Waals surface area contributed by atoms with Crippen LogP contribution in [0.4, 0.5) is 0 Å². The van der Waals surface area contributed by atoms with Gasteiger partial charge in [-0.3, -0.25) is 0 Å². The average molecular weight is 1170 g/mol. The molecular formula is C82H70N8. The molecule has 8 heteroatoms. The van der Waals surface area contributed by atoms with Crippen LogP contribution in [0.2, 0.25) is 0 Å². The standard InChI is InChI=1S/C82H70N8/c1-79(2,3)61-26-30-72-68(43-61)69-44-62(80(4,5)6)27-31-73(69)89(72)65-39-57(52-21-15-18-50(34-52)47-83)37-59(41-65)77-86-76(55-24-17-23-54(36-55)67-25-14-13-20-56(67)49-85)87-78(88-77)60-38-58(53-22-16-19-51(35-53)48-84)40-66(42-60)90-74-32-28-63(81(7,8)9)45-70(74)71-46-64(82(10,11)12)29-33-75(71)90/h13-46H,1-12H3. The highest BCUT2D eigenvalue weighted by atomic mass is 15.0. The summed E-state index contributed by atoms with van der Waals surface area (Å²) in [5.74, 6) is 1.30. The zero-order chi connectivity index (χ0) is 63.2. The highest BCUT2D eigenvalue weighted by Gasteiger charge is 2.26. The molecule has 3 heterocycles. The minimum absolute atomic E-state index is 0.0907. The van der Waals surface area contributed by atoms with Gasteiger partial charge in [0.1, 0.15) is 0 Å². The average Bonchev–Trinajstić information content (AvgIpc) is 1.73. The molecule has 0 unspecified atom stereocenters. The van der Waals surface area contributed by atoms with Gasteiger partial charge >= 0.3 is 0 Å². The molecule has 0 aliphatic rings. The second-order valence-electron chi connectivity index (χ2n) is 28.1. The van der Waals surface area contributed by atoms with E-state index in [1.165, 1.54) is 22.3 Å². The van der Waals surface area contributed by atoms with Crippen LogP contribution < -0.4 is 0 Å². The van der Waals surface area contributed by atoms with Crippen LogP contribution >= 0.6 is 0 Å². The Labute approximate surface area is 527 Å². The smallest absolute Gasteiger partial charge is 0.164 e. The van der Waals surface area contributed by atoms with Gasteiger partial charge in [-0.15, -0.1) is 0 Å². The Hall–Kier alpha value is -10.7. The van der Waals surface area contributed by atoms with Crippen molar-refractivity contribution in [1.82, 2.24) is 24.1 Å². The molecule has 0 saturated carbocycles. The molecule has 0 aliphatic heterocycles. The van der Waals surface area contributed by atoms with Crippen molar-refractivity contribution in [2.45, 2.75) is 105 Å². The number of aromatic nitrogens is 5. The van der Waals surface area contributed by atoms with Crippen LogP contribution in [0.1, 0.15) is 122 Å². The third kappa shape index (κ3) is 10.8. The first kappa shape index (κ1) is 58.3. The molecule has 90 heavy (non-hydrogen) atoms.